The van der Waals surface area contributed by atoms with Crippen LogP contribution in [0.3, 0.4) is 0 Å². The highest BCUT2D eigenvalue weighted by atomic mass is 16.6. The van der Waals surface area contributed by atoms with Crippen LogP contribution < -0.4 is 0 Å². The molecule has 3 heterocycles. The smallest absolute Gasteiger partial charge is 0.161 e. The summed E-state index contributed by atoms with van der Waals surface area (Å²) in [5.41, 5.74) is 5.05. The fourth-order valence-corrected chi connectivity index (χ4v) is 4.97. The van der Waals surface area contributed by atoms with Crippen LogP contribution in [0.1, 0.15) is 33.3 Å². The maximum Gasteiger partial charge on any atom is 0.161 e. The molecule has 1 aliphatic heterocycles. The van der Waals surface area contributed by atoms with Crippen molar-refractivity contribution in [3.8, 4) is 11.4 Å². The van der Waals surface area contributed by atoms with Crippen LogP contribution in [0, 0.1) is 0 Å². The van der Waals surface area contributed by atoms with Crippen LogP contribution in [0.15, 0.2) is 91.2 Å². The Kier molecular flexibility index (Phi) is 4.47. The molecule has 6 aromatic rings. The van der Waals surface area contributed by atoms with E-state index in [1.807, 2.05) is 44.2 Å². The van der Waals surface area contributed by atoms with Crippen molar-refractivity contribution >= 4 is 44.1 Å². The lowest BCUT2D eigenvalue weighted by Gasteiger charge is -2.44. The summed E-state index contributed by atoms with van der Waals surface area (Å²) in [6, 6.07) is 29.3. The summed E-state index contributed by atoms with van der Waals surface area (Å²) in [4.78, 5) is 10.1. The highest BCUT2D eigenvalue weighted by Crippen LogP contribution is 2.39. The van der Waals surface area contributed by atoms with E-state index >= 15 is 0 Å². The Morgan fingerprint density at radius 3 is 2.14 bits per heavy atom. The van der Waals surface area contributed by atoms with Crippen LogP contribution >= 0.6 is 0 Å². The van der Waals surface area contributed by atoms with Gasteiger partial charge < -0.3 is 9.47 Å². The number of aromatic nitrogens is 3. The zero-order valence-electron chi connectivity index (χ0n) is 21.3. The normalized spacial score (nSPS) is 16.6. The Labute approximate surface area is 215 Å². The molecule has 0 atom stereocenters. The molecule has 0 fully saturated rings. The van der Waals surface area contributed by atoms with Crippen molar-refractivity contribution < 1.29 is 9.47 Å². The van der Waals surface area contributed by atoms with Crippen molar-refractivity contribution in [3.05, 3.63) is 96.8 Å². The average molecular weight is 486 g/mol. The maximum absolute atomic E-state index is 6.35. The summed E-state index contributed by atoms with van der Waals surface area (Å²) < 4.78 is 14.6. The van der Waals surface area contributed by atoms with E-state index in [-0.39, 0.29) is 0 Å². The summed E-state index contributed by atoms with van der Waals surface area (Å²) in [5.74, 6) is 1.63. The Morgan fingerprint density at radius 1 is 0.676 bits per heavy atom. The van der Waals surface area contributed by atoms with Crippen molar-refractivity contribution in [1.82, 2.24) is 14.4 Å². The standard InChI is InChI=1S/C32H27N3O2/c1-31(2)32(3,4)37-28(19-36-31)22-15-13-21-18-23(16-14-20(21)17-22)29-33-25-10-6-5-9-24(25)30-34-26-11-7-8-12-27(26)35(29)30/h5-19H,1-4H3. The third kappa shape index (κ3) is 3.30. The predicted octanol–water partition coefficient (Wildman–Crippen LogP) is 7.76. The first-order valence-electron chi connectivity index (χ1n) is 12.6. The number of para-hydroxylation sites is 3. The monoisotopic (exact) mass is 485 g/mol. The van der Waals surface area contributed by atoms with Gasteiger partial charge in [-0.2, -0.15) is 0 Å². The molecule has 4 aromatic carbocycles. The molecule has 0 unspecified atom stereocenters. The molecule has 0 aliphatic carbocycles. The topological polar surface area (TPSA) is 48.7 Å². The molecule has 0 amide bonds. The van der Waals surface area contributed by atoms with E-state index in [0.717, 1.165) is 61.1 Å². The van der Waals surface area contributed by atoms with Gasteiger partial charge in [0.05, 0.1) is 16.6 Å². The molecule has 7 rings (SSSR count). The van der Waals surface area contributed by atoms with Crippen LogP contribution in [0.4, 0.5) is 0 Å². The summed E-state index contributed by atoms with van der Waals surface area (Å²) in [6.07, 6.45) is 1.74. The van der Waals surface area contributed by atoms with Gasteiger partial charge in [-0.1, -0.05) is 48.5 Å². The van der Waals surface area contributed by atoms with Gasteiger partial charge in [0.1, 0.15) is 28.9 Å². The second kappa shape index (κ2) is 7.56. The van der Waals surface area contributed by atoms with E-state index in [1.54, 1.807) is 6.26 Å². The quantitative estimate of drug-likeness (QED) is 0.251. The van der Waals surface area contributed by atoms with Gasteiger partial charge in [0.2, 0.25) is 0 Å². The molecule has 37 heavy (non-hydrogen) atoms. The molecule has 0 saturated carbocycles. The second-order valence-electron chi connectivity index (χ2n) is 10.7. The van der Waals surface area contributed by atoms with Crippen molar-refractivity contribution in [2.75, 3.05) is 0 Å². The molecular weight excluding hydrogens is 458 g/mol. The van der Waals surface area contributed by atoms with Crippen LogP contribution in [-0.2, 0) is 9.47 Å². The Hall–Kier alpha value is -4.38. The number of imidazole rings is 1. The number of hydrogen-bond donors (Lipinski definition) is 0. The van der Waals surface area contributed by atoms with Crippen LogP contribution in [0.25, 0.3) is 55.5 Å². The minimum Gasteiger partial charge on any atom is -0.487 e. The number of benzene rings is 4. The molecule has 0 saturated heterocycles. The molecule has 5 heteroatoms. The van der Waals surface area contributed by atoms with E-state index in [4.69, 9.17) is 19.4 Å². The summed E-state index contributed by atoms with van der Waals surface area (Å²) in [6.45, 7) is 8.21. The highest BCUT2D eigenvalue weighted by molar-refractivity contribution is 5.99. The third-order valence-electron chi connectivity index (χ3n) is 7.80. The van der Waals surface area contributed by atoms with Gasteiger partial charge in [0.25, 0.3) is 0 Å². The zero-order valence-corrected chi connectivity index (χ0v) is 21.3. The van der Waals surface area contributed by atoms with Crippen LogP contribution in [0.5, 0.6) is 0 Å². The van der Waals surface area contributed by atoms with Gasteiger partial charge in [-0.25, -0.2) is 9.97 Å². The largest absolute Gasteiger partial charge is 0.487 e. The number of fused-ring (bicyclic) bond motifs is 6. The van der Waals surface area contributed by atoms with E-state index in [0.29, 0.717) is 0 Å². The lowest BCUT2D eigenvalue weighted by molar-refractivity contribution is -0.133. The summed E-state index contributed by atoms with van der Waals surface area (Å²) >= 11 is 0. The van der Waals surface area contributed by atoms with Crippen LogP contribution in [0.2, 0.25) is 0 Å². The number of rotatable bonds is 2. The fourth-order valence-electron chi connectivity index (χ4n) is 4.97. The first-order valence-corrected chi connectivity index (χ1v) is 12.6. The van der Waals surface area contributed by atoms with Crippen molar-refractivity contribution in [3.63, 3.8) is 0 Å². The lowest BCUT2D eigenvalue weighted by Crippen LogP contribution is -2.50. The molecule has 2 aromatic heterocycles. The van der Waals surface area contributed by atoms with Gasteiger partial charge in [0, 0.05) is 16.5 Å². The Balaban J connectivity index is 1.38. The van der Waals surface area contributed by atoms with Gasteiger partial charge in [-0.15, -0.1) is 0 Å². The summed E-state index contributed by atoms with van der Waals surface area (Å²) in [5, 5.41) is 3.30. The van der Waals surface area contributed by atoms with Gasteiger partial charge in [-0.3, -0.25) is 4.40 Å². The molecule has 0 spiro atoms. The molecule has 0 N–H and O–H groups in total. The Morgan fingerprint density at radius 2 is 1.35 bits per heavy atom. The maximum atomic E-state index is 6.35. The second-order valence-corrected chi connectivity index (χ2v) is 10.7. The highest BCUT2D eigenvalue weighted by Gasteiger charge is 2.44. The number of hydrogen-bond acceptors (Lipinski definition) is 4. The predicted molar refractivity (Wildman–Crippen MR) is 149 cm³/mol. The van der Waals surface area contributed by atoms with Gasteiger partial charge in [-0.05, 0) is 74.9 Å². The minimum atomic E-state index is -0.448. The first-order chi connectivity index (χ1) is 17.8. The average Bonchev–Trinajstić information content (AvgIpc) is 3.29. The Bertz CT molecular complexity index is 1900. The molecule has 5 nitrogen and oxygen atoms in total. The van der Waals surface area contributed by atoms with E-state index in [2.05, 4.69) is 72.8 Å². The molecular formula is C32H27N3O2. The lowest BCUT2D eigenvalue weighted by atomic mass is 9.88. The number of nitrogens with zero attached hydrogens (tertiary/aromatic N) is 3. The SMILES string of the molecule is CC1(C)OC=C(c2ccc3cc(-c4nc5ccccc5c5nc6ccccc6n45)ccc3c2)OC1(C)C. The van der Waals surface area contributed by atoms with Crippen molar-refractivity contribution in [2.24, 2.45) is 0 Å². The zero-order chi connectivity index (χ0) is 25.4. The van der Waals surface area contributed by atoms with Gasteiger partial charge >= 0.3 is 0 Å². The van der Waals surface area contributed by atoms with Crippen LogP contribution in [-0.4, -0.2) is 25.6 Å². The molecule has 0 radical (unpaired) electrons. The van der Waals surface area contributed by atoms with E-state index in [1.165, 1.54) is 0 Å². The molecule has 0 bridgehead atoms. The fraction of sp³-hybridized carbons (Fsp3) is 0.188. The van der Waals surface area contributed by atoms with E-state index in [9.17, 15) is 0 Å². The van der Waals surface area contributed by atoms with Crippen molar-refractivity contribution in [1.29, 1.82) is 0 Å². The number of ether oxygens (including phenoxy) is 2. The van der Waals surface area contributed by atoms with Crippen molar-refractivity contribution in [2.45, 2.75) is 38.9 Å². The third-order valence-corrected chi connectivity index (χ3v) is 7.80. The van der Waals surface area contributed by atoms with Gasteiger partial charge in [0.15, 0.2) is 5.76 Å². The molecule has 182 valence electrons. The molecule has 1 aliphatic rings. The minimum absolute atomic E-state index is 0.405. The first kappa shape index (κ1) is 21.9. The van der Waals surface area contributed by atoms with E-state index < -0.39 is 11.2 Å². The summed E-state index contributed by atoms with van der Waals surface area (Å²) in [7, 11) is 0.